The highest BCUT2D eigenvalue weighted by atomic mass is 35.5. The Labute approximate surface area is 249 Å². The van der Waals surface area contributed by atoms with Gasteiger partial charge in [-0.2, -0.15) is 5.26 Å². The first kappa shape index (κ1) is 29.2. The zero-order valence-corrected chi connectivity index (χ0v) is 23.4. The molecule has 14 heteroatoms. The van der Waals surface area contributed by atoms with Crippen LogP contribution in [0.3, 0.4) is 0 Å². The Morgan fingerprint density at radius 2 is 2.07 bits per heavy atom. The van der Waals surface area contributed by atoms with Crippen molar-refractivity contribution in [2.24, 2.45) is 9.98 Å². The van der Waals surface area contributed by atoms with Crippen LogP contribution in [0.5, 0.6) is 0 Å². The molecule has 0 spiro atoms. The topological polar surface area (TPSA) is 174 Å². The second-order valence-electron chi connectivity index (χ2n) is 9.46. The number of anilines is 2. The normalized spacial score (nSPS) is 18.5. The summed E-state index contributed by atoms with van der Waals surface area (Å²) in [7, 11) is 1.23. The van der Waals surface area contributed by atoms with Crippen LogP contribution in [0.15, 0.2) is 58.5 Å². The molecule has 2 aliphatic rings. The van der Waals surface area contributed by atoms with E-state index in [1.54, 1.807) is 30.4 Å². The number of ether oxygens (including phenoxy) is 1. The summed E-state index contributed by atoms with van der Waals surface area (Å²) < 4.78 is 19.2. The number of aromatic amines is 1. The number of nitrogens with one attached hydrogen (secondary N) is 4. The van der Waals surface area contributed by atoms with Crippen molar-refractivity contribution in [2.75, 3.05) is 17.7 Å². The molecule has 0 aliphatic carbocycles. The minimum absolute atomic E-state index is 0.0191. The largest absolute Gasteiger partial charge is 0.453 e. The fourth-order valence-corrected chi connectivity index (χ4v) is 4.70. The van der Waals surface area contributed by atoms with Gasteiger partial charge in [0.15, 0.2) is 11.9 Å². The summed E-state index contributed by atoms with van der Waals surface area (Å²) in [6, 6.07) is 10.5. The van der Waals surface area contributed by atoms with Crippen molar-refractivity contribution in [1.29, 1.82) is 5.26 Å². The second-order valence-corrected chi connectivity index (χ2v) is 9.87. The van der Waals surface area contributed by atoms with Crippen LogP contribution in [-0.4, -0.2) is 46.9 Å². The predicted molar refractivity (Wildman–Crippen MR) is 157 cm³/mol. The van der Waals surface area contributed by atoms with Crippen LogP contribution < -0.4 is 16.0 Å². The average Bonchev–Trinajstić information content (AvgIpc) is 3.66. The Bertz CT molecular complexity index is 1740. The van der Waals surface area contributed by atoms with Gasteiger partial charge in [0, 0.05) is 23.2 Å². The molecule has 0 radical (unpaired) electrons. The number of amides is 3. The van der Waals surface area contributed by atoms with E-state index in [-0.39, 0.29) is 46.6 Å². The highest BCUT2D eigenvalue weighted by molar-refractivity contribution is 6.61. The molecule has 0 saturated heterocycles. The number of imidazole rings is 1. The van der Waals surface area contributed by atoms with Gasteiger partial charge in [-0.3, -0.25) is 19.9 Å². The summed E-state index contributed by atoms with van der Waals surface area (Å²) in [5, 5.41) is 18.1. The third-order valence-corrected chi connectivity index (χ3v) is 6.92. The van der Waals surface area contributed by atoms with Gasteiger partial charge in [-0.1, -0.05) is 35.9 Å². The Hall–Kier alpha value is -5.35. The van der Waals surface area contributed by atoms with Gasteiger partial charge >= 0.3 is 6.09 Å². The van der Waals surface area contributed by atoms with Crippen molar-refractivity contribution in [3.05, 3.63) is 76.5 Å². The van der Waals surface area contributed by atoms with E-state index < -0.39 is 30.0 Å². The van der Waals surface area contributed by atoms with E-state index in [4.69, 9.17) is 11.6 Å². The summed E-state index contributed by atoms with van der Waals surface area (Å²) in [5.74, 6) is -1.24. The van der Waals surface area contributed by atoms with Gasteiger partial charge in [-0.15, -0.1) is 0 Å². The summed E-state index contributed by atoms with van der Waals surface area (Å²) in [4.78, 5) is 53.7. The number of allylic oxidation sites excluding steroid dienone is 1. The van der Waals surface area contributed by atoms with Crippen LogP contribution in [0.1, 0.15) is 48.6 Å². The van der Waals surface area contributed by atoms with Crippen molar-refractivity contribution in [3.8, 4) is 17.3 Å². The number of methoxy groups -OCH3 is 1. The molecule has 2 aliphatic heterocycles. The standard InChI is InChI=1S/C29H24ClFN8O4/c1-43-29(42)34-15-10-11-16-20(12-15)35-23(40)9-4-2-3-8-19(27-36-21(13-32)25(16)39-27)38-28(41)22-14-33-26(37-22)17-6-5-7-18(30)24(17)31/h2-3,5-7,10-12,14,19,26H,4,8-9H2,1H3,(H,34,42)(H,35,40)(H,36,39)(H,38,41)/b3-2+/t19-,26?/m0/s1. The van der Waals surface area contributed by atoms with Gasteiger partial charge in [0.1, 0.15) is 23.4 Å². The minimum Gasteiger partial charge on any atom is -0.453 e. The molecule has 0 fully saturated rings. The number of carbonyl (C=O) groups is 3. The van der Waals surface area contributed by atoms with Crippen LogP contribution in [0.2, 0.25) is 5.02 Å². The first-order chi connectivity index (χ1) is 20.8. The number of nitrogens with zero attached hydrogens (tertiary/aromatic N) is 4. The van der Waals surface area contributed by atoms with Gasteiger partial charge in [-0.05, 0) is 37.1 Å². The third-order valence-electron chi connectivity index (χ3n) is 6.63. The number of rotatable bonds is 4. The first-order valence-corrected chi connectivity index (χ1v) is 13.4. The summed E-state index contributed by atoms with van der Waals surface area (Å²) in [6.07, 6.45) is 4.06. The molecule has 1 unspecified atom stereocenters. The number of halogens is 2. The molecule has 2 atom stereocenters. The molecule has 1 aromatic heterocycles. The minimum atomic E-state index is -0.958. The number of carbonyl (C=O) groups excluding carboxylic acids is 3. The maximum Gasteiger partial charge on any atom is 0.411 e. The lowest BCUT2D eigenvalue weighted by molar-refractivity contribution is -0.116. The number of fused-ring (bicyclic) bond motifs is 4. The Morgan fingerprint density at radius 3 is 2.86 bits per heavy atom. The first-order valence-electron chi connectivity index (χ1n) is 13.1. The van der Waals surface area contributed by atoms with Gasteiger partial charge in [0.05, 0.1) is 35.8 Å². The van der Waals surface area contributed by atoms with Crippen LogP contribution >= 0.6 is 11.6 Å². The molecule has 2 aromatic carbocycles. The summed E-state index contributed by atoms with van der Waals surface area (Å²) >= 11 is 5.89. The Balaban J connectivity index is 1.47. The molecule has 3 amide bonds. The van der Waals surface area contributed by atoms with Crippen LogP contribution in [-0.2, 0) is 14.3 Å². The van der Waals surface area contributed by atoms with E-state index in [0.29, 0.717) is 29.1 Å². The Kier molecular flexibility index (Phi) is 8.59. The van der Waals surface area contributed by atoms with Gasteiger partial charge in [-0.25, -0.2) is 19.2 Å². The highest BCUT2D eigenvalue weighted by Gasteiger charge is 2.27. The van der Waals surface area contributed by atoms with Crippen LogP contribution in [0, 0.1) is 17.1 Å². The molecular weight excluding hydrogens is 579 g/mol. The van der Waals surface area contributed by atoms with E-state index in [1.165, 1.54) is 31.5 Å². The zero-order chi connectivity index (χ0) is 30.5. The average molecular weight is 603 g/mol. The SMILES string of the molecule is COC(=O)Nc1ccc2c(c1)NC(=O)CC/C=C/C[C@H](NC(=O)C1=NC(c3cccc(Cl)c3F)N=C1)c1nc(C#N)c-2[nH]1. The number of aliphatic imine (C=N–C) groups is 2. The van der Waals surface area contributed by atoms with E-state index >= 15 is 0 Å². The maximum absolute atomic E-state index is 14.5. The smallest absolute Gasteiger partial charge is 0.411 e. The molecule has 4 N–H and O–H groups in total. The molecule has 2 bridgehead atoms. The molecule has 3 heterocycles. The number of nitriles is 1. The van der Waals surface area contributed by atoms with Crippen molar-refractivity contribution in [1.82, 2.24) is 15.3 Å². The lowest BCUT2D eigenvalue weighted by Gasteiger charge is -2.15. The predicted octanol–water partition coefficient (Wildman–Crippen LogP) is 4.98. The molecule has 5 rings (SSSR count). The van der Waals surface area contributed by atoms with Gasteiger partial charge < -0.3 is 20.4 Å². The number of benzene rings is 2. The lowest BCUT2D eigenvalue weighted by atomic mass is 10.1. The zero-order valence-electron chi connectivity index (χ0n) is 22.6. The number of hydrogen-bond donors (Lipinski definition) is 4. The maximum atomic E-state index is 14.5. The molecule has 0 saturated carbocycles. The second kappa shape index (κ2) is 12.7. The van der Waals surface area contributed by atoms with Crippen molar-refractivity contribution >= 4 is 52.8 Å². The van der Waals surface area contributed by atoms with Crippen LogP contribution in [0.25, 0.3) is 11.3 Å². The number of hydrogen-bond acceptors (Lipinski definition) is 8. The number of H-pyrrole nitrogens is 1. The lowest BCUT2D eigenvalue weighted by Crippen LogP contribution is -2.35. The molecular formula is C29H24ClFN8O4. The molecule has 218 valence electrons. The van der Waals surface area contributed by atoms with E-state index in [2.05, 4.69) is 46.7 Å². The summed E-state index contributed by atoms with van der Waals surface area (Å²) in [6.45, 7) is 0. The fourth-order valence-electron chi connectivity index (χ4n) is 4.52. The third kappa shape index (κ3) is 6.44. The van der Waals surface area contributed by atoms with Crippen molar-refractivity contribution in [2.45, 2.75) is 31.5 Å². The van der Waals surface area contributed by atoms with Crippen molar-refractivity contribution in [3.63, 3.8) is 0 Å². The van der Waals surface area contributed by atoms with E-state index in [1.807, 2.05) is 0 Å². The van der Waals surface area contributed by atoms with Gasteiger partial charge in [0.25, 0.3) is 5.91 Å². The molecule has 43 heavy (non-hydrogen) atoms. The number of aromatic nitrogens is 2. The Morgan fingerprint density at radius 1 is 1.23 bits per heavy atom. The van der Waals surface area contributed by atoms with E-state index in [9.17, 15) is 24.0 Å². The highest BCUT2D eigenvalue weighted by Crippen LogP contribution is 2.34. The fraction of sp³-hybridized carbons (Fsp3) is 0.207. The molecule has 12 nitrogen and oxygen atoms in total. The summed E-state index contributed by atoms with van der Waals surface area (Å²) in [5.41, 5.74) is 1.56. The van der Waals surface area contributed by atoms with Crippen molar-refractivity contribution < 1.29 is 23.5 Å². The monoisotopic (exact) mass is 602 g/mol. The van der Waals surface area contributed by atoms with Crippen LogP contribution in [0.4, 0.5) is 20.6 Å². The quantitative estimate of drug-likeness (QED) is 0.306. The van der Waals surface area contributed by atoms with E-state index in [0.717, 1.165) is 0 Å². The molecule has 3 aromatic rings. The van der Waals surface area contributed by atoms with Gasteiger partial charge in [0.2, 0.25) is 5.91 Å².